The molecule has 94 valence electrons. The van der Waals surface area contributed by atoms with E-state index in [2.05, 4.69) is 4.90 Å². The van der Waals surface area contributed by atoms with Gasteiger partial charge in [0.25, 0.3) is 0 Å². The largest absolute Gasteiger partial charge is 0.465 e. The van der Waals surface area contributed by atoms with Gasteiger partial charge in [0.05, 0.1) is 7.11 Å². The molecule has 1 fully saturated rings. The molecule has 2 rings (SSSR count). The molecule has 0 bridgehead atoms. The van der Waals surface area contributed by atoms with E-state index in [1.807, 2.05) is 11.4 Å². The maximum Gasteiger partial charge on any atom is 0.348 e. The van der Waals surface area contributed by atoms with E-state index in [-0.39, 0.29) is 12.6 Å². The third-order valence-electron chi connectivity index (χ3n) is 3.14. The highest BCUT2D eigenvalue weighted by Crippen LogP contribution is 2.23. The van der Waals surface area contributed by atoms with E-state index < -0.39 is 0 Å². The number of hydrogen-bond acceptors (Lipinski definition) is 5. The number of carbonyl (C=O) groups excluding carboxylic acids is 1. The van der Waals surface area contributed by atoms with Gasteiger partial charge in [-0.25, -0.2) is 4.79 Å². The number of hydrogen-bond donors (Lipinski definition) is 1. The van der Waals surface area contributed by atoms with Gasteiger partial charge in [-0.2, -0.15) is 0 Å². The standard InChI is InChI=1S/C12H17NO3S/c1-16-12(15)11-10(3-5-17-11)7-13-4-2-9(6-13)8-14/h3,5,9,14H,2,4,6-8H2,1H3. The Hall–Kier alpha value is -0.910. The van der Waals surface area contributed by atoms with E-state index in [1.165, 1.54) is 18.4 Å². The summed E-state index contributed by atoms with van der Waals surface area (Å²) in [4.78, 5) is 14.5. The Kier molecular flexibility index (Phi) is 4.15. The summed E-state index contributed by atoms with van der Waals surface area (Å²) < 4.78 is 4.75. The van der Waals surface area contributed by atoms with E-state index >= 15 is 0 Å². The fraction of sp³-hybridized carbons (Fsp3) is 0.583. The predicted molar refractivity (Wildman–Crippen MR) is 66.1 cm³/mol. The molecule has 1 N–H and O–H groups in total. The Morgan fingerprint density at radius 3 is 3.18 bits per heavy atom. The number of aliphatic hydroxyl groups is 1. The minimum Gasteiger partial charge on any atom is -0.465 e. The van der Waals surface area contributed by atoms with Crippen molar-refractivity contribution >= 4 is 17.3 Å². The molecule has 0 amide bonds. The van der Waals surface area contributed by atoms with Crippen LogP contribution >= 0.6 is 11.3 Å². The van der Waals surface area contributed by atoms with E-state index in [0.29, 0.717) is 10.8 Å². The van der Waals surface area contributed by atoms with Crippen LogP contribution in [0.5, 0.6) is 0 Å². The third-order valence-corrected chi connectivity index (χ3v) is 4.08. The lowest BCUT2D eigenvalue weighted by Crippen LogP contribution is -2.21. The first-order chi connectivity index (χ1) is 8.24. The highest BCUT2D eigenvalue weighted by molar-refractivity contribution is 7.12. The normalized spacial score (nSPS) is 20.7. The maximum absolute atomic E-state index is 11.5. The van der Waals surface area contributed by atoms with Gasteiger partial charge in [-0.05, 0) is 35.9 Å². The fourth-order valence-electron chi connectivity index (χ4n) is 2.18. The van der Waals surface area contributed by atoms with Crippen LogP contribution in [0.2, 0.25) is 0 Å². The van der Waals surface area contributed by atoms with Crippen molar-refractivity contribution in [3.8, 4) is 0 Å². The molecule has 1 aromatic rings. The molecular weight excluding hydrogens is 238 g/mol. The SMILES string of the molecule is COC(=O)c1sccc1CN1CCC(CO)C1. The van der Waals surface area contributed by atoms with Crippen molar-refractivity contribution in [1.29, 1.82) is 0 Å². The summed E-state index contributed by atoms with van der Waals surface area (Å²) >= 11 is 1.42. The lowest BCUT2D eigenvalue weighted by atomic mass is 10.1. The number of carbonyl (C=O) groups is 1. The quantitative estimate of drug-likeness (QED) is 0.825. The summed E-state index contributed by atoms with van der Waals surface area (Å²) in [5, 5.41) is 11.0. The van der Waals surface area contributed by atoms with Crippen LogP contribution in [-0.4, -0.2) is 42.8 Å². The van der Waals surface area contributed by atoms with Gasteiger partial charge in [0.1, 0.15) is 4.88 Å². The second-order valence-corrected chi connectivity index (χ2v) is 5.26. The molecular formula is C12H17NO3S. The first kappa shape index (κ1) is 12.5. The van der Waals surface area contributed by atoms with E-state index in [4.69, 9.17) is 9.84 Å². The smallest absolute Gasteiger partial charge is 0.348 e. The van der Waals surface area contributed by atoms with Gasteiger partial charge in [-0.3, -0.25) is 4.90 Å². The molecule has 17 heavy (non-hydrogen) atoms. The van der Waals surface area contributed by atoms with Crippen LogP contribution in [0, 0.1) is 5.92 Å². The number of nitrogens with zero attached hydrogens (tertiary/aromatic N) is 1. The molecule has 4 nitrogen and oxygen atoms in total. The second-order valence-electron chi connectivity index (χ2n) is 4.34. The number of ether oxygens (including phenoxy) is 1. The first-order valence-corrected chi connectivity index (χ1v) is 6.60. The molecule has 0 spiro atoms. The Bertz CT molecular complexity index is 391. The van der Waals surface area contributed by atoms with Gasteiger partial charge in [-0.1, -0.05) is 0 Å². The molecule has 1 atom stereocenters. The van der Waals surface area contributed by atoms with Crippen LogP contribution in [0.3, 0.4) is 0 Å². The van der Waals surface area contributed by atoms with Crippen molar-refractivity contribution < 1.29 is 14.6 Å². The molecule has 1 aromatic heterocycles. The molecule has 1 unspecified atom stereocenters. The third kappa shape index (κ3) is 2.86. The fourth-order valence-corrected chi connectivity index (χ4v) is 3.01. The van der Waals surface area contributed by atoms with E-state index in [9.17, 15) is 4.79 Å². The van der Waals surface area contributed by atoms with Crippen molar-refractivity contribution in [2.45, 2.75) is 13.0 Å². The van der Waals surface area contributed by atoms with Crippen LogP contribution in [0.15, 0.2) is 11.4 Å². The Morgan fingerprint density at radius 2 is 2.53 bits per heavy atom. The van der Waals surface area contributed by atoms with Gasteiger partial charge >= 0.3 is 5.97 Å². The molecule has 0 saturated carbocycles. The topological polar surface area (TPSA) is 49.8 Å². The lowest BCUT2D eigenvalue weighted by molar-refractivity contribution is 0.0604. The highest BCUT2D eigenvalue weighted by atomic mass is 32.1. The van der Waals surface area contributed by atoms with Crippen molar-refractivity contribution in [1.82, 2.24) is 4.90 Å². The van der Waals surface area contributed by atoms with Crippen molar-refractivity contribution in [3.05, 3.63) is 21.9 Å². The molecule has 1 aliphatic heterocycles. The summed E-state index contributed by atoms with van der Waals surface area (Å²) in [5.41, 5.74) is 1.03. The van der Waals surface area contributed by atoms with Gasteiger partial charge in [-0.15, -0.1) is 11.3 Å². The maximum atomic E-state index is 11.5. The Morgan fingerprint density at radius 1 is 1.71 bits per heavy atom. The van der Waals surface area contributed by atoms with E-state index in [1.54, 1.807) is 0 Å². The van der Waals surface area contributed by atoms with Crippen molar-refractivity contribution in [2.75, 3.05) is 26.8 Å². The van der Waals surface area contributed by atoms with Gasteiger partial charge in [0, 0.05) is 19.7 Å². The van der Waals surface area contributed by atoms with Crippen molar-refractivity contribution in [2.24, 2.45) is 5.92 Å². The van der Waals surface area contributed by atoms with Gasteiger partial charge in [0.2, 0.25) is 0 Å². The van der Waals surface area contributed by atoms with Crippen LogP contribution in [-0.2, 0) is 11.3 Å². The zero-order valence-corrected chi connectivity index (χ0v) is 10.7. The molecule has 0 aliphatic carbocycles. The first-order valence-electron chi connectivity index (χ1n) is 5.72. The van der Waals surface area contributed by atoms with Crippen molar-refractivity contribution in [3.63, 3.8) is 0 Å². The van der Waals surface area contributed by atoms with Crippen LogP contribution < -0.4 is 0 Å². The molecule has 0 radical (unpaired) electrons. The molecule has 0 aromatic carbocycles. The molecule has 2 heterocycles. The summed E-state index contributed by atoms with van der Waals surface area (Å²) in [6.07, 6.45) is 1.04. The number of esters is 1. The number of rotatable bonds is 4. The lowest BCUT2D eigenvalue weighted by Gasteiger charge is -2.15. The second kappa shape index (κ2) is 5.62. The van der Waals surface area contributed by atoms with E-state index in [0.717, 1.165) is 31.6 Å². The van der Waals surface area contributed by atoms with Crippen LogP contribution in [0.4, 0.5) is 0 Å². The monoisotopic (exact) mass is 255 g/mol. The average molecular weight is 255 g/mol. The van der Waals surface area contributed by atoms with Gasteiger partial charge in [0.15, 0.2) is 0 Å². The zero-order valence-electron chi connectivity index (χ0n) is 9.89. The summed E-state index contributed by atoms with van der Waals surface area (Å²) in [6, 6.07) is 1.98. The molecule has 5 heteroatoms. The number of aliphatic hydroxyl groups excluding tert-OH is 1. The number of likely N-dealkylation sites (tertiary alicyclic amines) is 1. The zero-order chi connectivity index (χ0) is 12.3. The highest BCUT2D eigenvalue weighted by Gasteiger charge is 2.23. The number of methoxy groups -OCH3 is 1. The average Bonchev–Trinajstić information content (AvgIpc) is 2.97. The summed E-state index contributed by atoms with van der Waals surface area (Å²) in [6.45, 7) is 2.92. The molecule has 1 aliphatic rings. The minimum atomic E-state index is -0.257. The minimum absolute atomic E-state index is 0.254. The predicted octanol–water partition coefficient (Wildman–Crippen LogP) is 1.35. The van der Waals surface area contributed by atoms with Crippen LogP contribution in [0.1, 0.15) is 21.7 Å². The Balaban J connectivity index is 2.00. The van der Waals surface area contributed by atoms with Gasteiger partial charge < -0.3 is 9.84 Å². The summed E-state index contributed by atoms with van der Waals surface area (Å²) in [5.74, 6) is 0.128. The number of thiophene rings is 1. The van der Waals surface area contributed by atoms with Crippen LogP contribution in [0.25, 0.3) is 0 Å². The Labute approximate surface area is 105 Å². The summed E-state index contributed by atoms with van der Waals surface area (Å²) in [7, 11) is 1.41. The molecule has 1 saturated heterocycles.